The predicted molar refractivity (Wildman–Crippen MR) is 78.4 cm³/mol. The van der Waals surface area contributed by atoms with E-state index in [0.717, 1.165) is 32.0 Å². The van der Waals surface area contributed by atoms with Gasteiger partial charge in [-0.05, 0) is 38.1 Å². The summed E-state index contributed by atoms with van der Waals surface area (Å²) in [6.45, 7) is 4.90. The van der Waals surface area contributed by atoms with Crippen LogP contribution in [0.25, 0.3) is 0 Å². The maximum absolute atomic E-state index is 12.7. The Morgan fingerprint density at radius 1 is 0.950 bits per heavy atom. The number of rotatable bonds is 4. The van der Waals surface area contributed by atoms with Crippen LogP contribution in [-0.2, 0) is 10.2 Å². The van der Waals surface area contributed by atoms with Crippen LogP contribution in [0.5, 0.6) is 0 Å². The van der Waals surface area contributed by atoms with E-state index in [1.807, 2.05) is 0 Å². The first-order valence-electron chi connectivity index (χ1n) is 7.80. The molecule has 7 heteroatoms. The first-order chi connectivity index (χ1) is 9.61. The molecule has 3 rings (SSSR count). The molecule has 0 aromatic heterocycles. The van der Waals surface area contributed by atoms with Crippen LogP contribution in [0.2, 0.25) is 0 Å². The van der Waals surface area contributed by atoms with Crippen LogP contribution in [-0.4, -0.2) is 73.8 Å². The lowest BCUT2D eigenvalue weighted by Crippen LogP contribution is -2.55. The highest BCUT2D eigenvalue weighted by Crippen LogP contribution is 2.28. The zero-order valence-electron chi connectivity index (χ0n) is 12.1. The third kappa shape index (κ3) is 3.01. The number of hydrogen-bond donors (Lipinski definition) is 1. The maximum Gasteiger partial charge on any atom is 0.282 e. The molecule has 2 heterocycles. The second-order valence-electron chi connectivity index (χ2n) is 6.28. The topological polar surface area (TPSA) is 69.9 Å². The van der Waals surface area contributed by atoms with Crippen LogP contribution in [0.4, 0.5) is 0 Å². The standard InChI is InChI=1S/C13H26N4O2S/c14-10-12-2-1-5-17(11-12)20(18,19)16-8-6-15(7-9-16)13-3-4-13/h12-13H,1-11,14H2. The normalized spacial score (nSPS) is 31.6. The van der Waals surface area contributed by atoms with E-state index in [2.05, 4.69) is 4.90 Å². The van der Waals surface area contributed by atoms with E-state index in [1.165, 1.54) is 12.8 Å². The molecule has 20 heavy (non-hydrogen) atoms. The molecule has 3 fully saturated rings. The van der Waals surface area contributed by atoms with Gasteiger partial charge in [0.15, 0.2) is 0 Å². The van der Waals surface area contributed by atoms with Gasteiger partial charge in [-0.3, -0.25) is 4.90 Å². The molecule has 0 amide bonds. The summed E-state index contributed by atoms with van der Waals surface area (Å²) in [7, 11) is -3.27. The SMILES string of the molecule is NCC1CCCN(S(=O)(=O)N2CCN(C3CC3)CC2)C1. The molecule has 2 aliphatic heterocycles. The Bertz CT molecular complexity index is 430. The lowest BCUT2D eigenvalue weighted by Gasteiger charge is -2.39. The molecule has 2 saturated heterocycles. The molecule has 1 unspecified atom stereocenters. The van der Waals surface area contributed by atoms with Crippen molar-refractivity contribution in [1.29, 1.82) is 0 Å². The minimum atomic E-state index is -3.27. The maximum atomic E-state index is 12.7. The molecule has 3 aliphatic rings. The van der Waals surface area contributed by atoms with Crippen molar-refractivity contribution in [2.75, 3.05) is 45.8 Å². The molecule has 1 aliphatic carbocycles. The van der Waals surface area contributed by atoms with Gasteiger partial charge in [0.1, 0.15) is 0 Å². The average Bonchev–Trinajstić information content (AvgIpc) is 3.32. The van der Waals surface area contributed by atoms with E-state index < -0.39 is 10.2 Å². The first-order valence-corrected chi connectivity index (χ1v) is 9.20. The van der Waals surface area contributed by atoms with Crippen LogP contribution >= 0.6 is 0 Å². The number of nitrogens with zero attached hydrogens (tertiary/aromatic N) is 3. The Morgan fingerprint density at radius 3 is 2.25 bits per heavy atom. The Kier molecular flexibility index (Phi) is 4.33. The minimum absolute atomic E-state index is 0.325. The van der Waals surface area contributed by atoms with Crippen molar-refractivity contribution in [2.24, 2.45) is 11.7 Å². The molecular weight excluding hydrogens is 276 g/mol. The lowest BCUT2D eigenvalue weighted by molar-refractivity contribution is 0.168. The van der Waals surface area contributed by atoms with Gasteiger partial charge in [0.2, 0.25) is 0 Å². The molecule has 1 atom stereocenters. The largest absolute Gasteiger partial charge is 0.330 e. The molecule has 116 valence electrons. The molecule has 0 aromatic rings. The van der Waals surface area contributed by atoms with Crippen molar-refractivity contribution in [3.63, 3.8) is 0 Å². The zero-order valence-corrected chi connectivity index (χ0v) is 12.9. The summed E-state index contributed by atoms with van der Waals surface area (Å²) in [4.78, 5) is 2.44. The number of hydrogen-bond acceptors (Lipinski definition) is 4. The zero-order chi connectivity index (χ0) is 14.2. The second-order valence-corrected chi connectivity index (χ2v) is 8.20. The highest BCUT2D eigenvalue weighted by Gasteiger charge is 2.37. The summed E-state index contributed by atoms with van der Waals surface area (Å²) in [5, 5.41) is 0. The highest BCUT2D eigenvalue weighted by atomic mass is 32.2. The minimum Gasteiger partial charge on any atom is -0.330 e. The van der Waals surface area contributed by atoms with E-state index >= 15 is 0 Å². The van der Waals surface area contributed by atoms with Crippen molar-refractivity contribution in [3.8, 4) is 0 Å². The van der Waals surface area contributed by atoms with Crippen molar-refractivity contribution in [3.05, 3.63) is 0 Å². The van der Waals surface area contributed by atoms with Gasteiger partial charge in [-0.1, -0.05) is 0 Å². The fourth-order valence-corrected chi connectivity index (χ4v) is 5.04. The Labute approximate surface area is 122 Å². The molecule has 2 N–H and O–H groups in total. The van der Waals surface area contributed by atoms with Crippen molar-refractivity contribution in [1.82, 2.24) is 13.5 Å². The third-order valence-electron chi connectivity index (χ3n) is 4.80. The summed E-state index contributed by atoms with van der Waals surface area (Å²) in [6, 6.07) is 0.733. The summed E-state index contributed by atoms with van der Waals surface area (Å²) in [5.74, 6) is 0.325. The summed E-state index contributed by atoms with van der Waals surface area (Å²) in [6.07, 6.45) is 4.56. The molecule has 0 bridgehead atoms. The van der Waals surface area contributed by atoms with Crippen LogP contribution in [0, 0.1) is 5.92 Å². The van der Waals surface area contributed by atoms with Gasteiger partial charge in [0.05, 0.1) is 0 Å². The molecule has 0 radical (unpaired) electrons. The fraction of sp³-hybridized carbons (Fsp3) is 1.00. The fourth-order valence-electron chi connectivity index (χ4n) is 3.33. The van der Waals surface area contributed by atoms with Crippen molar-refractivity contribution >= 4 is 10.2 Å². The van der Waals surface area contributed by atoms with Gasteiger partial charge in [0.25, 0.3) is 10.2 Å². The smallest absolute Gasteiger partial charge is 0.282 e. The monoisotopic (exact) mass is 302 g/mol. The van der Waals surface area contributed by atoms with E-state index in [-0.39, 0.29) is 0 Å². The Morgan fingerprint density at radius 2 is 1.65 bits per heavy atom. The van der Waals surface area contributed by atoms with E-state index in [0.29, 0.717) is 38.6 Å². The van der Waals surface area contributed by atoms with Gasteiger partial charge in [-0.2, -0.15) is 17.0 Å². The van der Waals surface area contributed by atoms with Crippen LogP contribution in [0.3, 0.4) is 0 Å². The summed E-state index contributed by atoms with van der Waals surface area (Å²) in [5.41, 5.74) is 5.70. The number of nitrogens with two attached hydrogens (primary N) is 1. The highest BCUT2D eigenvalue weighted by molar-refractivity contribution is 7.86. The average molecular weight is 302 g/mol. The molecule has 0 spiro atoms. The van der Waals surface area contributed by atoms with Gasteiger partial charge in [-0.25, -0.2) is 0 Å². The molecule has 0 aromatic carbocycles. The number of piperidine rings is 1. The van der Waals surface area contributed by atoms with Gasteiger partial charge in [0, 0.05) is 45.3 Å². The van der Waals surface area contributed by atoms with Gasteiger partial charge < -0.3 is 5.73 Å². The van der Waals surface area contributed by atoms with Crippen LogP contribution < -0.4 is 5.73 Å². The molecule has 6 nitrogen and oxygen atoms in total. The lowest BCUT2D eigenvalue weighted by atomic mass is 10.0. The Balaban J connectivity index is 1.60. The molecular formula is C13H26N4O2S. The second kappa shape index (κ2) is 5.88. The summed E-state index contributed by atoms with van der Waals surface area (Å²) < 4.78 is 28.7. The van der Waals surface area contributed by atoms with E-state index in [9.17, 15) is 8.42 Å². The summed E-state index contributed by atoms with van der Waals surface area (Å²) >= 11 is 0. The third-order valence-corrected chi connectivity index (χ3v) is 6.81. The van der Waals surface area contributed by atoms with Crippen molar-refractivity contribution in [2.45, 2.75) is 31.7 Å². The number of piperazine rings is 1. The van der Waals surface area contributed by atoms with Gasteiger partial charge >= 0.3 is 0 Å². The predicted octanol–water partition coefficient (Wildman–Crippen LogP) is -0.318. The quantitative estimate of drug-likeness (QED) is 0.773. The van der Waals surface area contributed by atoms with E-state index in [1.54, 1.807) is 8.61 Å². The van der Waals surface area contributed by atoms with Gasteiger partial charge in [-0.15, -0.1) is 0 Å². The van der Waals surface area contributed by atoms with E-state index in [4.69, 9.17) is 5.73 Å². The Hall–Kier alpha value is -0.210. The first kappa shape index (κ1) is 14.7. The molecule has 1 saturated carbocycles. The van der Waals surface area contributed by atoms with Crippen LogP contribution in [0.15, 0.2) is 0 Å². The van der Waals surface area contributed by atoms with Crippen molar-refractivity contribution < 1.29 is 8.42 Å². The van der Waals surface area contributed by atoms with Crippen LogP contribution in [0.1, 0.15) is 25.7 Å².